The van der Waals surface area contributed by atoms with Gasteiger partial charge in [0, 0.05) is 14.8 Å². The van der Waals surface area contributed by atoms with E-state index in [-0.39, 0.29) is 14.2 Å². The van der Waals surface area contributed by atoms with Crippen molar-refractivity contribution in [3.05, 3.63) is 0 Å². The lowest BCUT2D eigenvalue weighted by molar-refractivity contribution is -0.116. The Balaban J connectivity index is -0.0000000750. The molecule has 0 aromatic rings. The standard InChI is InChI=1S/C4H8O.CH3I.B/c1-3-4(2)5;1-2;/h3H2,1-2H3;1H3;. The highest BCUT2D eigenvalue weighted by Gasteiger charge is 1.76. The number of carbonyl (C=O) groups excluding carboxylic acids is 1. The van der Waals surface area contributed by atoms with Gasteiger partial charge in [-0.3, -0.25) is 0 Å². The van der Waals surface area contributed by atoms with Crippen molar-refractivity contribution in [2.75, 3.05) is 4.93 Å². The first-order valence-corrected chi connectivity index (χ1v) is 4.30. The number of hydrogen-bond acceptors (Lipinski definition) is 1. The Morgan fingerprint density at radius 1 is 1.50 bits per heavy atom. The molecule has 3 heteroatoms. The number of Topliss-reactive ketones (excluding diaryl/α,β-unsaturated/α-hetero) is 1. The van der Waals surface area contributed by atoms with Gasteiger partial charge in [0.05, 0.1) is 0 Å². The fraction of sp³-hybridized carbons (Fsp3) is 0.800. The van der Waals surface area contributed by atoms with Crippen LogP contribution in [0.5, 0.6) is 0 Å². The molecule has 0 atom stereocenters. The van der Waals surface area contributed by atoms with E-state index in [4.69, 9.17) is 0 Å². The summed E-state index contributed by atoms with van der Waals surface area (Å²) in [4.78, 5) is 11.8. The van der Waals surface area contributed by atoms with E-state index in [0.29, 0.717) is 6.42 Å². The van der Waals surface area contributed by atoms with Gasteiger partial charge in [-0.2, -0.15) is 0 Å². The van der Waals surface area contributed by atoms with Crippen LogP contribution in [0.25, 0.3) is 0 Å². The normalized spacial score (nSPS) is 5.50. The summed E-state index contributed by atoms with van der Waals surface area (Å²) in [5, 5.41) is 0. The second kappa shape index (κ2) is 15.7. The highest BCUT2D eigenvalue weighted by Crippen LogP contribution is 1.71. The van der Waals surface area contributed by atoms with E-state index in [2.05, 4.69) is 22.6 Å². The molecule has 0 heterocycles. The van der Waals surface area contributed by atoms with Gasteiger partial charge >= 0.3 is 0 Å². The molecule has 8 heavy (non-hydrogen) atoms. The summed E-state index contributed by atoms with van der Waals surface area (Å²) < 4.78 is 0. The summed E-state index contributed by atoms with van der Waals surface area (Å²) in [5.74, 6) is 0.255. The van der Waals surface area contributed by atoms with E-state index in [9.17, 15) is 4.79 Å². The fourth-order valence-corrected chi connectivity index (χ4v) is 0. The molecule has 0 saturated heterocycles. The van der Waals surface area contributed by atoms with Crippen molar-refractivity contribution in [2.24, 2.45) is 0 Å². The lowest BCUT2D eigenvalue weighted by atomic mass is 10.4. The van der Waals surface area contributed by atoms with E-state index in [1.165, 1.54) is 0 Å². The topological polar surface area (TPSA) is 17.1 Å². The minimum Gasteiger partial charge on any atom is -0.300 e. The first kappa shape index (κ1) is 15.8. The van der Waals surface area contributed by atoms with Gasteiger partial charge in [-0.25, -0.2) is 0 Å². The monoisotopic (exact) mass is 225 g/mol. The summed E-state index contributed by atoms with van der Waals surface area (Å²) in [5.41, 5.74) is 0. The zero-order valence-electron chi connectivity index (χ0n) is 5.57. The van der Waals surface area contributed by atoms with Gasteiger partial charge in [0.1, 0.15) is 5.78 Å². The molecule has 0 unspecified atom stereocenters. The van der Waals surface area contributed by atoms with Gasteiger partial charge in [0.2, 0.25) is 0 Å². The summed E-state index contributed by atoms with van der Waals surface area (Å²) in [6.07, 6.45) is 0.667. The molecule has 0 aliphatic rings. The van der Waals surface area contributed by atoms with Gasteiger partial charge in [0.15, 0.2) is 0 Å². The van der Waals surface area contributed by atoms with Crippen LogP contribution >= 0.6 is 22.6 Å². The Morgan fingerprint density at radius 3 is 1.62 bits per heavy atom. The minimum absolute atomic E-state index is 0. The van der Waals surface area contributed by atoms with E-state index in [1.807, 2.05) is 11.9 Å². The van der Waals surface area contributed by atoms with Gasteiger partial charge in [-0.15, -0.1) is 0 Å². The van der Waals surface area contributed by atoms with Crippen molar-refractivity contribution in [2.45, 2.75) is 20.3 Å². The van der Waals surface area contributed by atoms with E-state index < -0.39 is 0 Å². The Bertz CT molecular complexity index is 47.7. The molecule has 0 N–H and O–H groups in total. The Kier molecular flexibility index (Phi) is 30.9. The van der Waals surface area contributed by atoms with E-state index in [0.717, 1.165) is 0 Å². The van der Waals surface area contributed by atoms with Crippen LogP contribution < -0.4 is 0 Å². The van der Waals surface area contributed by atoms with E-state index in [1.54, 1.807) is 6.92 Å². The smallest absolute Gasteiger partial charge is 0.129 e. The first-order chi connectivity index (χ1) is 3.27. The fourth-order valence-electron chi connectivity index (χ4n) is 0. The average molecular weight is 225 g/mol. The number of halogens is 1. The van der Waals surface area contributed by atoms with Crippen LogP contribution in [-0.4, -0.2) is 19.1 Å². The Morgan fingerprint density at radius 2 is 1.62 bits per heavy atom. The van der Waals surface area contributed by atoms with Crippen molar-refractivity contribution in [3.63, 3.8) is 0 Å². The molecule has 0 rings (SSSR count). The van der Waals surface area contributed by atoms with Gasteiger partial charge in [0.25, 0.3) is 0 Å². The number of alkyl halides is 1. The zero-order valence-corrected chi connectivity index (χ0v) is 7.73. The van der Waals surface area contributed by atoms with Crippen LogP contribution in [0.2, 0.25) is 0 Å². The first-order valence-electron chi connectivity index (χ1n) is 2.14. The summed E-state index contributed by atoms with van der Waals surface area (Å²) in [6.45, 7) is 3.43. The van der Waals surface area contributed by atoms with Gasteiger partial charge < -0.3 is 4.79 Å². The molecule has 1 nitrogen and oxygen atoms in total. The maximum absolute atomic E-state index is 9.81. The lowest BCUT2D eigenvalue weighted by Crippen LogP contribution is -1.80. The SMILES string of the molecule is CCC(C)=O.CI.[B]. The second-order valence-electron chi connectivity index (χ2n) is 1.06. The molecule has 0 amide bonds. The van der Waals surface area contributed by atoms with Gasteiger partial charge in [-0.1, -0.05) is 29.5 Å². The van der Waals surface area contributed by atoms with Crippen molar-refractivity contribution >= 4 is 36.8 Å². The third-order valence-corrected chi connectivity index (χ3v) is 0.498. The molecule has 0 fully saturated rings. The molecular formula is C5H11BIO. The zero-order chi connectivity index (χ0) is 6.28. The molecule has 0 aromatic carbocycles. The Labute approximate surface area is 67.0 Å². The van der Waals surface area contributed by atoms with Crippen LogP contribution in [0.1, 0.15) is 20.3 Å². The predicted molar refractivity (Wildman–Crippen MR) is 46.7 cm³/mol. The largest absolute Gasteiger partial charge is 0.300 e. The second-order valence-corrected chi connectivity index (χ2v) is 1.06. The maximum atomic E-state index is 9.81. The number of rotatable bonds is 1. The maximum Gasteiger partial charge on any atom is 0.129 e. The molecule has 0 spiro atoms. The summed E-state index contributed by atoms with van der Waals surface area (Å²) >= 11 is 2.15. The highest BCUT2D eigenvalue weighted by molar-refractivity contribution is 14.1. The van der Waals surface area contributed by atoms with Crippen molar-refractivity contribution in [1.29, 1.82) is 0 Å². The van der Waals surface area contributed by atoms with Crippen molar-refractivity contribution < 1.29 is 4.79 Å². The van der Waals surface area contributed by atoms with Crippen molar-refractivity contribution in [1.82, 2.24) is 0 Å². The highest BCUT2D eigenvalue weighted by atomic mass is 127. The molecule has 0 bridgehead atoms. The summed E-state index contributed by atoms with van der Waals surface area (Å²) in [7, 11) is 0. The predicted octanol–water partition coefficient (Wildman–Crippen LogP) is 1.66. The molecule has 47 valence electrons. The van der Waals surface area contributed by atoms with Crippen LogP contribution in [0.15, 0.2) is 0 Å². The third kappa shape index (κ3) is 31.8. The van der Waals surface area contributed by atoms with Crippen LogP contribution in [0.3, 0.4) is 0 Å². The number of carbonyl (C=O) groups is 1. The molecule has 0 aromatic heterocycles. The number of ketones is 1. The molecule has 0 aliphatic heterocycles. The average Bonchev–Trinajstić information content (AvgIpc) is 1.73. The Hall–Kier alpha value is 0.465. The van der Waals surface area contributed by atoms with E-state index >= 15 is 0 Å². The lowest BCUT2D eigenvalue weighted by Gasteiger charge is -1.71. The minimum atomic E-state index is 0. The molecule has 3 radical (unpaired) electrons. The third-order valence-electron chi connectivity index (χ3n) is 0.498. The van der Waals surface area contributed by atoms with Crippen LogP contribution in [-0.2, 0) is 4.79 Å². The molecule has 0 aliphatic carbocycles. The van der Waals surface area contributed by atoms with Crippen molar-refractivity contribution in [3.8, 4) is 0 Å². The quantitative estimate of drug-likeness (QED) is 0.376. The molecule has 0 saturated carbocycles. The molecular weight excluding hydrogens is 214 g/mol. The number of hydrogen-bond donors (Lipinski definition) is 0. The van der Waals surface area contributed by atoms with Crippen LogP contribution in [0, 0.1) is 0 Å². The van der Waals surface area contributed by atoms with Gasteiger partial charge in [-0.05, 0) is 11.9 Å². The summed E-state index contributed by atoms with van der Waals surface area (Å²) in [6, 6.07) is 0. The van der Waals surface area contributed by atoms with Crippen LogP contribution in [0.4, 0.5) is 0 Å².